The summed E-state index contributed by atoms with van der Waals surface area (Å²) in [7, 11) is 0. The van der Waals surface area contributed by atoms with Crippen molar-refractivity contribution in [3.63, 3.8) is 0 Å². The van der Waals surface area contributed by atoms with E-state index in [1.165, 1.54) is 65.7 Å². The molecular weight excluding hydrogens is 346 g/mol. The minimum Gasteiger partial charge on any atom is -0.262 e. The minimum absolute atomic E-state index is 0.520. The number of H-pyrrole nitrogens is 1. The van der Waals surface area contributed by atoms with Crippen LogP contribution in [0.25, 0.3) is 22.5 Å². The van der Waals surface area contributed by atoms with Crippen LogP contribution in [0.1, 0.15) is 67.6 Å². The molecule has 1 fully saturated rings. The number of nitrogens with zero attached hydrogens (tertiary/aromatic N) is 4. The van der Waals surface area contributed by atoms with E-state index in [0.29, 0.717) is 11.8 Å². The molecule has 28 heavy (non-hydrogen) atoms. The van der Waals surface area contributed by atoms with Crippen LogP contribution < -0.4 is 0 Å². The molecule has 0 amide bonds. The average molecular weight is 374 g/mol. The molecule has 0 radical (unpaired) electrons. The topological polar surface area (TPSA) is 67.3 Å². The maximum absolute atomic E-state index is 5.29. The summed E-state index contributed by atoms with van der Waals surface area (Å²) < 4.78 is 0. The molecule has 0 bridgehead atoms. The summed E-state index contributed by atoms with van der Waals surface area (Å²) in [4.78, 5) is 14.3. The lowest BCUT2D eigenvalue weighted by Crippen LogP contribution is -2.18. The normalized spacial score (nSPS) is 19.7. The third kappa shape index (κ3) is 3.03. The molecule has 1 atom stereocenters. The first kappa shape index (κ1) is 17.5. The van der Waals surface area contributed by atoms with Crippen molar-refractivity contribution in [3.05, 3.63) is 47.3 Å². The van der Waals surface area contributed by atoms with Gasteiger partial charge in [-0.1, -0.05) is 19.8 Å². The van der Waals surface area contributed by atoms with Crippen LogP contribution in [-0.2, 0) is 12.8 Å². The fourth-order valence-corrected chi connectivity index (χ4v) is 5.03. The van der Waals surface area contributed by atoms with Crippen molar-refractivity contribution in [2.45, 2.75) is 64.7 Å². The standard InChI is InChI=1S/C23H27N5/c1-14-7-8-19-18(11-14)20(17-9-10-24-15(2)12-17)21(23-25-13-26-28-23)22(27-19)16-5-3-4-6-16/h9-10,12-14,16H,3-8,11H2,1-2H3,(H,25,26,28). The Morgan fingerprint density at radius 2 is 1.93 bits per heavy atom. The van der Waals surface area contributed by atoms with E-state index in [1.807, 2.05) is 6.20 Å². The van der Waals surface area contributed by atoms with Crippen LogP contribution in [0, 0.1) is 12.8 Å². The van der Waals surface area contributed by atoms with Gasteiger partial charge in [0.2, 0.25) is 0 Å². The molecule has 5 rings (SSSR count). The van der Waals surface area contributed by atoms with Gasteiger partial charge < -0.3 is 0 Å². The number of aromatic nitrogens is 5. The molecule has 0 saturated heterocycles. The first-order chi connectivity index (χ1) is 13.7. The maximum Gasteiger partial charge on any atom is 0.157 e. The Morgan fingerprint density at radius 1 is 1.07 bits per heavy atom. The highest BCUT2D eigenvalue weighted by Crippen LogP contribution is 2.45. The minimum atomic E-state index is 0.520. The quantitative estimate of drug-likeness (QED) is 0.700. The van der Waals surface area contributed by atoms with Gasteiger partial charge in [-0.15, -0.1) is 0 Å². The van der Waals surface area contributed by atoms with E-state index < -0.39 is 0 Å². The van der Waals surface area contributed by atoms with Gasteiger partial charge in [0.05, 0.1) is 5.69 Å². The molecule has 2 aliphatic carbocycles. The second kappa shape index (κ2) is 7.12. The van der Waals surface area contributed by atoms with Crippen LogP contribution in [0.4, 0.5) is 0 Å². The Hall–Kier alpha value is -2.56. The zero-order chi connectivity index (χ0) is 19.1. The third-order valence-corrected chi connectivity index (χ3v) is 6.42. The lowest BCUT2D eigenvalue weighted by Gasteiger charge is -2.28. The molecule has 3 aromatic rings. The van der Waals surface area contributed by atoms with Gasteiger partial charge in [-0.25, -0.2) is 4.98 Å². The SMILES string of the molecule is Cc1cc(-c2c3c(nc(C4CCCC4)c2-c2ncn[nH]2)CCC(C)C3)ccn1. The lowest BCUT2D eigenvalue weighted by molar-refractivity contribution is 0.492. The van der Waals surface area contributed by atoms with Crippen molar-refractivity contribution in [1.29, 1.82) is 0 Å². The second-order valence-electron chi connectivity index (χ2n) is 8.52. The number of pyridine rings is 2. The van der Waals surface area contributed by atoms with E-state index >= 15 is 0 Å². The number of hydrogen-bond donors (Lipinski definition) is 1. The summed E-state index contributed by atoms with van der Waals surface area (Å²) in [6.45, 7) is 4.41. The van der Waals surface area contributed by atoms with Gasteiger partial charge in [0.15, 0.2) is 5.82 Å². The number of fused-ring (bicyclic) bond motifs is 1. The fraction of sp³-hybridized carbons (Fsp3) is 0.478. The number of nitrogens with one attached hydrogen (secondary N) is 1. The molecule has 1 N–H and O–H groups in total. The van der Waals surface area contributed by atoms with Crippen LogP contribution in [-0.4, -0.2) is 25.1 Å². The summed E-state index contributed by atoms with van der Waals surface area (Å²) in [6, 6.07) is 4.34. The van der Waals surface area contributed by atoms with Crippen molar-refractivity contribution in [1.82, 2.24) is 25.1 Å². The van der Waals surface area contributed by atoms with Crippen LogP contribution in [0.2, 0.25) is 0 Å². The van der Waals surface area contributed by atoms with E-state index in [4.69, 9.17) is 4.98 Å². The summed E-state index contributed by atoms with van der Waals surface area (Å²) >= 11 is 0. The molecule has 3 aromatic heterocycles. The molecular formula is C23H27N5. The Kier molecular flexibility index (Phi) is 4.46. The number of rotatable bonds is 3. The summed E-state index contributed by atoms with van der Waals surface area (Å²) in [6.07, 6.45) is 11.9. The zero-order valence-electron chi connectivity index (χ0n) is 16.7. The second-order valence-corrected chi connectivity index (χ2v) is 8.52. The third-order valence-electron chi connectivity index (χ3n) is 6.42. The smallest absolute Gasteiger partial charge is 0.157 e. The largest absolute Gasteiger partial charge is 0.262 e. The molecule has 144 valence electrons. The van der Waals surface area contributed by atoms with E-state index in [0.717, 1.165) is 24.4 Å². The monoisotopic (exact) mass is 373 g/mol. The van der Waals surface area contributed by atoms with Gasteiger partial charge in [0, 0.05) is 29.1 Å². The molecule has 2 aliphatic rings. The van der Waals surface area contributed by atoms with Gasteiger partial charge in [-0.3, -0.25) is 15.1 Å². The highest BCUT2D eigenvalue weighted by molar-refractivity contribution is 5.85. The van der Waals surface area contributed by atoms with Crippen molar-refractivity contribution < 1.29 is 0 Å². The van der Waals surface area contributed by atoms with Gasteiger partial charge >= 0.3 is 0 Å². The summed E-state index contributed by atoms with van der Waals surface area (Å²) in [5, 5.41) is 7.31. The summed E-state index contributed by atoms with van der Waals surface area (Å²) in [5.74, 6) is 2.04. The van der Waals surface area contributed by atoms with Crippen molar-refractivity contribution in [2.24, 2.45) is 5.92 Å². The molecule has 3 heterocycles. The van der Waals surface area contributed by atoms with Gasteiger partial charge in [-0.2, -0.15) is 5.10 Å². The first-order valence-electron chi connectivity index (χ1n) is 10.5. The average Bonchev–Trinajstić information content (AvgIpc) is 3.40. The van der Waals surface area contributed by atoms with Crippen molar-refractivity contribution >= 4 is 0 Å². The molecule has 0 aromatic carbocycles. The Balaban J connectivity index is 1.84. The van der Waals surface area contributed by atoms with E-state index in [9.17, 15) is 0 Å². The van der Waals surface area contributed by atoms with E-state index in [1.54, 1.807) is 6.33 Å². The zero-order valence-corrected chi connectivity index (χ0v) is 16.7. The van der Waals surface area contributed by atoms with Gasteiger partial charge in [-0.05, 0) is 73.8 Å². The predicted molar refractivity (Wildman–Crippen MR) is 110 cm³/mol. The maximum atomic E-state index is 5.29. The molecule has 0 aliphatic heterocycles. The molecule has 5 nitrogen and oxygen atoms in total. The van der Waals surface area contributed by atoms with Crippen LogP contribution in [0.15, 0.2) is 24.7 Å². The van der Waals surface area contributed by atoms with Crippen LogP contribution in [0.3, 0.4) is 0 Å². The van der Waals surface area contributed by atoms with E-state index in [2.05, 4.69) is 46.1 Å². The number of aromatic amines is 1. The fourth-order valence-electron chi connectivity index (χ4n) is 5.03. The highest BCUT2D eigenvalue weighted by Gasteiger charge is 2.31. The van der Waals surface area contributed by atoms with Crippen LogP contribution >= 0.6 is 0 Å². The first-order valence-corrected chi connectivity index (χ1v) is 10.5. The van der Waals surface area contributed by atoms with Gasteiger partial charge in [0.25, 0.3) is 0 Å². The number of aryl methyl sites for hydroxylation is 2. The predicted octanol–water partition coefficient (Wildman–Crippen LogP) is 5.02. The Morgan fingerprint density at radius 3 is 2.68 bits per heavy atom. The highest BCUT2D eigenvalue weighted by atomic mass is 15.2. The molecule has 5 heteroatoms. The molecule has 1 saturated carbocycles. The van der Waals surface area contributed by atoms with Crippen molar-refractivity contribution in [2.75, 3.05) is 0 Å². The number of hydrogen-bond acceptors (Lipinski definition) is 4. The van der Waals surface area contributed by atoms with Gasteiger partial charge in [0.1, 0.15) is 6.33 Å². The van der Waals surface area contributed by atoms with E-state index in [-0.39, 0.29) is 0 Å². The Bertz CT molecular complexity index is 986. The molecule has 0 spiro atoms. The lowest BCUT2D eigenvalue weighted by atomic mass is 9.80. The molecule has 1 unspecified atom stereocenters. The van der Waals surface area contributed by atoms with Crippen molar-refractivity contribution in [3.8, 4) is 22.5 Å². The Labute approximate surface area is 166 Å². The summed E-state index contributed by atoms with van der Waals surface area (Å²) in [5.41, 5.74) is 8.67. The van der Waals surface area contributed by atoms with Crippen LogP contribution in [0.5, 0.6) is 0 Å².